The van der Waals surface area contributed by atoms with Crippen LogP contribution in [0.2, 0.25) is 5.02 Å². The Labute approximate surface area is 154 Å². The Bertz CT molecular complexity index is 882. The highest BCUT2D eigenvalue weighted by Gasteiger charge is 2.39. The zero-order chi connectivity index (χ0) is 18.1. The highest BCUT2D eigenvalue weighted by Crippen LogP contribution is 2.25. The van der Waals surface area contributed by atoms with Crippen LogP contribution in [0.3, 0.4) is 0 Å². The number of sulfone groups is 1. The lowest BCUT2D eigenvalue weighted by atomic mass is 10.0. The molecule has 0 saturated carbocycles. The molecule has 1 N–H and O–H groups in total. The summed E-state index contributed by atoms with van der Waals surface area (Å²) >= 11 is 6.94. The first-order valence-corrected chi connectivity index (χ1v) is 10.7. The second kappa shape index (κ2) is 6.97. The molecule has 134 valence electrons. The second-order valence-corrected chi connectivity index (χ2v) is 9.67. The summed E-state index contributed by atoms with van der Waals surface area (Å²) in [7, 11) is -3.07. The predicted octanol–water partition coefficient (Wildman–Crippen LogP) is 2.18. The van der Waals surface area contributed by atoms with Crippen molar-refractivity contribution in [2.24, 2.45) is 0 Å². The molecule has 10 heteroatoms. The largest absolute Gasteiger partial charge is 0.411 e. The van der Waals surface area contributed by atoms with Gasteiger partial charge in [0.2, 0.25) is 11.8 Å². The number of thioether (sulfide) groups is 1. The molecule has 1 aliphatic heterocycles. The summed E-state index contributed by atoms with van der Waals surface area (Å²) in [4.78, 5) is 12.1. The number of amides is 1. The van der Waals surface area contributed by atoms with Gasteiger partial charge in [0.15, 0.2) is 9.84 Å². The van der Waals surface area contributed by atoms with Crippen molar-refractivity contribution in [1.29, 1.82) is 0 Å². The molecule has 1 aliphatic rings. The van der Waals surface area contributed by atoms with E-state index in [1.165, 1.54) is 0 Å². The van der Waals surface area contributed by atoms with Gasteiger partial charge in [-0.1, -0.05) is 23.4 Å². The fraction of sp³-hybridized carbons (Fsp3) is 0.400. The topological polar surface area (TPSA) is 102 Å². The quantitative estimate of drug-likeness (QED) is 0.766. The molecule has 1 fully saturated rings. The molecule has 0 aliphatic carbocycles. The predicted molar refractivity (Wildman–Crippen MR) is 95.3 cm³/mol. The van der Waals surface area contributed by atoms with Crippen LogP contribution in [0.25, 0.3) is 11.5 Å². The van der Waals surface area contributed by atoms with Gasteiger partial charge in [-0.05, 0) is 37.6 Å². The molecule has 1 aromatic carbocycles. The smallest absolute Gasteiger partial charge is 0.277 e. The number of carbonyl (C=O) groups is 1. The number of nitrogens with one attached hydrogen (secondary N) is 1. The van der Waals surface area contributed by atoms with Crippen molar-refractivity contribution < 1.29 is 17.6 Å². The van der Waals surface area contributed by atoms with Gasteiger partial charge in [-0.3, -0.25) is 4.79 Å². The second-order valence-electron chi connectivity index (χ2n) is 6.12. The Morgan fingerprint density at radius 2 is 2.08 bits per heavy atom. The number of benzene rings is 1. The average Bonchev–Trinajstić information content (AvgIpc) is 3.10. The van der Waals surface area contributed by atoms with Crippen LogP contribution in [-0.2, 0) is 14.6 Å². The molecule has 1 saturated heterocycles. The van der Waals surface area contributed by atoms with E-state index >= 15 is 0 Å². The lowest BCUT2D eigenvalue weighted by Gasteiger charge is -2.23. The molecule has 2 aromatic rings. The Morgan fingerprint density at radius 1 is 1.36 bits per heavy atom. The molecule has 0 unspecified atom stereocenters. The third-order valence-corrected chi connectivity index (χ3v) is 6.74. The molecule has 3 rings (SSSR count). The number of aromatic nitrogens is 2. The van der Waals surface area contributed by atoms with Crippen molar-refractivity contribution in [2.75, 3.05) is 17.3 Å². The van der Waals surface area contributed by atoms with E-state index in [1.807, 2.05) is 0 Å². The minimum atomic E-state index is -3.07. The molecular weight excluding hydrogens is 386 g/mol. The highest BCUT2D eigenvalue weighted by atomic mass is 35.5. The Kier molecular flexibility index (Phi) is 5.08. The third kappa shape index (κ3) is 4.74. The zero-order valence-corrected chi connectivity index (χ0v) is 15.7. The molecule has 0 radical (unpaired) electrons. The van der Waals surface area contributed by atoms with E-state index in [2.05, 4.69) is 15.5 Å². The first-order chi connectivity index (χ1) is 11.7. The zero-order valence-electron chi connectivity index (χ0n) is 13.4. The van der Waals surface area contributed by atoms with E-state index in [9.17, 15) is 13.2 Å². The van der Waals surface area contributed by atoms with Gasteiger partial charge < -0.3 is 9.73 Å². The van der Waals surface area contributed by atoms with Crippen molar-refractivity contribution in [3.63, 3.8) is 0 Å². The maximum atomic E-state index is 12.1. The van der Waals surface area contributed by atoms with Crippen LogP contribution in [0.15, 0.2) is 33.9 Å². The fourth-order valence-electron chi connectivity index (χ4n) is 2.59. The lowest BCUT2D eigenvalue weighted by Crippen LogP contribution is -2.47. The molecule has 1 atom stereocenters. The van der Waals surface area contributed by atoms with Crippen LogP contribution in [0.1, 0.15) is 13.3 Å². The molecule has 1 aromatic heterocycles. The van der Waals surface area contributed by atoms with Crippen LogP contribution < -0.4 is 5.32 Å². The van der Waals surface area contributed by atoms with E-state index in [1.54, 1.807) is 31.2 Å². The monoisotopic (exact) mass is 401 g/mol. The summed E-state index contributed by atoms with van der Waals surface area (Å²) in [6.45, 7) is 1.74. The standard InChI is InChI=1S/C15H16ClN3O4S2/c1-15(6-7-25(21,22)9-15)17-12(20)8-24-14-19-18-13(23-14)10-2-4-11(16)5-3-10/h2-5H,6-9H2,1H3,(H,17,20)/t15-/m0/s1. The fourth-order valence-corrected chi connectivity index (χ4v) is 5.37. The number of carbonyl (C=O) groups excluding carboxylic acids is 1. The maximum Gasteiger partial charge on any atom is 0.277 e. The summed E-state index contributed by atoms with van der Waals surface area (Å²) in [6.07, 6.45) is 0.424. The Balaban J connectivity index is 1.55. The number of rotatable bonds is 5. The SMILES string of the molecule is C[C@]1(NC(=O)CSc2nnc(-c3ccc(Cl)cc3)o2)CCS(=O)(=O)C1. The van der Waals surface area contributed by atoms with Gasteiger partial charge in [0.05, 0.1) is 22.8 Å². The summed E-state index contributed by atoms with van der Waals surface area (Å²) in [5.74, 6) is 0.213. The van der Waals surface area contributed by atoms with Gasteiger partial charge in [0.25, 0.3) is 5.22 Å². The molecule has 7 nitrogen and oxygen atoms in total. The normalized spacial score (nSPS) is 22.0. The van der Waals surface area contributed by atoms with Crippen LogP contribution in [0.4, 0.5) is 0 Å². The molecular formula is C15H16ClN3O4S2. The minimum Gasteiger partial charge on any atom is -0.411 e. The molecule has 25 heavy (non-hydrogen) atoms. The number of hydrogen-bond donors (Lipinski definition) is 1. The third-order valence-electron chi connectivity index (χ3n) is 3.77. The van der Waals surface area contributed by atoms with Crippen molar-refractivity contribution in [3.05, 3.63) is 29.3 Å². The van der Waals surface area contributed by atoms with E-state index in [0.717, 1.165) is 17.3 Å². The van der Waals surface area contributed by atoms with Crippen LogP contribution in [-0.4, -0.2) is 47.3 Å². The maximum absolute atomic E-state index is 12.1. The van der Waals surface area contributed by atoms with Gasteiger partial charge >= 0.3 is 0 Å². The number of nitrogens with zero attached hydrogens (tertiary/aromatic N) is 2. The average molecular weight is 402 g/mol. The number of hydrogen-bond acceptors (Lipinski definition) is 7. The summed E-state index contributed by atoms with van der Waals surface area (Å²) in [6, 6.07) is 6.96. The van der Waals surface area contributed by atoms with Gasteiger partial charge in [0.1, 0.15) is 0 Å². The van der Waals surface area contributed by atoms with E-state index in [0.29, 0.717) is 17.3 Å². The first-order valence-electron chi connectivity index (χ1n) is 7.48. The van der Waals surface area contributed by atoms with E-state index < -0.39 is 15.4 Å². The first kappa shape index (κ1) is 18.2. The summed E-state index contributed by atoms with van der Waals surface area (Å²) < 4.78 is 28.6. The van der Waals surface area contributed by atoms with Gasteiger partial charge in [-0.25, -0.2) is 8.42 Å². The van der Waals surface area contributed by atoms with Crippen LogP contribution >= 0.6 is 23.4 Å². The summed E-state index contributed by atoms with van der Waals surface area (Å²) in [5.41, 5.74) is 0.0247. The van der Waals surface area contributed by atoms with Gasteiger partial charge in [-0.15, -0.1) is 10.2 Å². The van der Waals surface area contributed by atoms with Gasteiger partial charge in [-0.2, -0.15) is 0 Å². The van der Waals surface area contributed by atoms with Crippen molar-refractivity contribution in [3.8, 4) is 11.5 Å². The molecule has 1 amide bonds. The number of halogens is 1. The van der Waals surface area contributed by atoms with E-state index in [-0.39, 0.29) is 28.4 Å². The van der Waals surface area contributed by atoms with Crippen molar-refractivity contribution in [2.45, 2.75) is 24.1 Å². The minimum absolute atomic E-state index is 0.0301. The Morgan fingerprint density at radius 3 is 2.72 bits per heavy atom. The molecule has 2 heterocycles. The summed E-state index contributed by atoms with van der Waals surface area (Å²) in [5, 5.41) is 11.5. The van der Waals surface area contributed by atoms with Crippen molar-refractivity contribution >= 4 is 39.1 Å². The molecule has 0 spiro atoms. The Hall–Kier alpha value is -1.58. The van der Waals surface area contributed by atoms with Gasteiger partial charge in [0, 0.05) is 10.6 Å². The lowest BCUT2D eigenvalue weighted by molar-refractivity contribution is -0.120. The highest BCUT2D eigenvalue weighted by molar-refractivity contribution is 7.99. The molecule has 0 bridgehead atoms. The van der Waals surface area contributed by atoms with Crippen LogP contribution in [0.5, 0.6) is 0 Å². The van der Waals surface area contributed by atoms with Crippen molar-refractivity contribution in [1.82, 2.24) is 15.5 Å². The van der Waals surface area contributed by atoms with E-state index in [4.69, 9.17) is 16.0 Å². The van der Waals surface area contributed by atoms with Crippen LogP contribution in [0, 0.1) is 0 Å².